The van der Waals surface area contributed by atoms with E-state index in [1.54, 1.807) is 0 Å². The van der Waals surface area contributed by atoms with E-state index < -0.39 is 0 Å². The Kier molecular flexibility index (Phi) is 19.9. The second-order valence-electron chi connectivity index (χ2n) is 10.5. The van der Waals surface area contributed by atoms with Crippen LogP contribution in [0.3, 0.4) is 0 Å². The predicted molar refractivity (Wildman–Crippen MR) is 146 cm³/mol. The molecule has 0 atom stereocenters. The summed E-state index contributed by atoms with van der Waals surface area (Å²) in [6, 6.07) is 0. The Morgan fingerprint density at radius 1 is 0.571 bits per heavy atom. The Hall–Kier alpha value is -1.32. The van der Waals surface area contributed by atoms with Gasteiger partial charge in [0.2, 0.25) is 0 Å². The maximum absolute atomic E-state index is 13.3. The van der Waals surface area contributed by atoms with Gasteiger partial charge in [-0.2, -0.15) is 0 Å². The Morgan fingerprint density at radius 2 is 1.00 bits per heavy atom. The van der Waals surface area contributed by atoms with Gasteiger partial charge in [0.15, 0.2) is 0 Å². The second-order valence-corrected chi connectivity index (χ2v) is 10.5. The highest BCUT2D eigenvalue weighted by Crippen LogP contribution is 2.35. The van der Waals surface area contributed by atoms with Crippen molar-refractivity contribution in [2.45, 2.75) is 156 Å². The van der Waals surface area contributed by atoms with Crippen molar-refractivity contribution < 1.29 is 19.1 Å². The molecule has 0 bridgehead atoms. The summed E-state index contributed by atoms with van der Waals surface area (Å²) in [5.41, 5.74) is 1.27. The van der Waals surface area contributed by atoms with Crippen LogP contribution in [0.15, 0.2) is 11.1 Å². The molecule has 0 amide bonds. The van der Waals surface area contributed by atoms with Gasteiger partial charge in [-0.3, -0.25) is 0 Å². The maximum atomic E-state index is 13.3. The smallest absolute Gasteiger partial charge is 0.334 e. The molecule has 0 spiro atoms. The number of hydrogen-bond acceptors (Lipinski definition) is 4. The zero-order valence-corrected chi connectivity index (χ0v) is 23.5. The summed E-state index contributed by atoms with van der Waals surface area (Å²) in [5.74, 6) is -0.379. The minimum Gasteiger partial charge on any atom is -0.462 e. The number of ether oxygens (including phenoxy) is 2. The van der Waals surface area contributed by atoms with Crippen molar-refractivity contribution in [3.8, 4) is 0 Å². The molecule has 35 heavy (non-hydrogen) atoms. The Labute approximate surface area is 217 Å². The van der Waals surface area contributed by atoms with Gasteiger partial charge >= 0.3 is 11.9 Å². The number of rotatable bonds is 22. The van der Waals surface area contributed by atoms with Crippen LogP contribution in [0.2, 0.25) is 0 Å². The minimum atomic E-state index is -0.270. The van der Waals surface area contributed by atoms with E-state index in [1.807, 2.05) is 0 Å². The summed E-state index contributed by atoms with van der Waals surface area (Å²) in [7, 11) is 0. The Balaban J connectivity index is 2.78. The molecule has 0 aromatic carbocycles. The van der Waals surface area contributed by atoms with Gasteiger partial charge in [0, 0.05) is 5.57 Å². The van der Waals surface area contributed by atoms with Gasteiger partial charge in [-0.25, -0.2) is 9.59 Å². The van der Waals surface area contributed by atoms with E-state index >= 15 is 0 Å². The van der Waals surface area contributed by atoms with Gasteiger partial charge in [0.1, 0.15) is 0 Å². The van der Waals surface area contributed by atoms with Crippen LogP contribution in [0, 0.1) is 5.92 Å². The fourth-order valence-corrected chi connectivity index (χ4v) is 5.09. The van der Waals surface area contributed by atoms with E-state index in [1.165, 1.54) is 51.4 Å². The zero-order chi connectivity index (χ0) is 25.6. The summed E-state index contributed by atoms with van der Waals surface area (Å²) in [5, 5.41) is 0. The van der Waals surface area contributed by atoms with Crippen LogP contribution in [0.1, 0.15) is 156 Å². The fraction of sp³-hybridized carbons (Fsp3) is 0.871. The number of carbonyl (C=O) groups is 2. The summed E-state index contributed by atoms with van der Waals surface area (Å²) in [6.45, 7) is 7.54. The third kappa shape index (κ3) is 14.7. The van der Waals surface area contributed by atoms with Crippen molar-refractivity contribution in [2.24, 2.45) is 5.92 Å². The van der Waals surface area contributed by atoms with E-state index in [2.05, 4.69) is 20.8 Å². The molecule has 0 saturated heterocycles. The Bertz CT molecular complexity index is 575. The van der Waals surface area contributed by atoms with Crippen LogP contribution in [0.4, 0.5) is 0 Å². The second kappa shape index (κ2) is 21.9. The maximum Gasteiger partial charge on any atom is 0.334 e. The van der Waals surface area contributed by atoms with Gasteiger partial charge in [0.25, 0.3) is 0 Å². The van der Waals surface area contributed by atoms with Crippen LogP contribution in [0.25, 0.3) is 0 Å². The highest BCUT2D eigenvalue weighted by molar-refractivity contribution is 6.00. The SMILES string of the molecule is CCCCCCCCOC(=O)/C(CCCCCC)=C(\C(=O)OCCCCCCCC)C1CCCC1. The van der Waals surface area contributed by atoms with Gasteiger partial charge in [0.05, 0.1) is 18.8 Å². The lowest BCUT2D eigenvalue weighted by Crippen LogP contribution is -2.22. The molecule has 0 aromatic heterocycles. The molecule has 204 valence electrons. The van der Waals surface area contributed by atoms with E-state index in [0.29, 0.717) is 30.8 Å². The molecular formula is C31H56O4. The van der Waals surface area contributed by atoms with Crippen LogP contribution >= 0.6 is 0 Å². The van der Waals surface area contributed by atoms with Gasteiger partial charge in [-0.05, 0) is 44.4 Å². The first-order chi connectivity index (χ1) is 17.2. The quantitative estimate of drug-likeness (QED) is 0.0858. The van der Waals surface area contributed by atoms with Crippen molar-refractivity contribution in [3.05, 3.63) is 11.1 Å². The number of hydrogen-bond donors (Lipinski definition) is 0. The largest absolute Gasteiger partial charge is 0.462 e. The van der Waals surface area contributed by atoms with Crippen LogP contribution < -0.4 is 0 Å². The number of carbonyl (C=O) groups excluding carboxylic acids is 2. The van der Waals surface area contributed by atoms with Crippen LogP contribution in [-0.4, -0.2) is 25.2 Å². The van der Waals surface area contributed by atoms with Gasteiger partial charge < -0.3 is 9.47 Å². The highest BCUT2D eigenvalue weighted by atomic mass is 16.5. The molecule has 1 saturated carbocycles. The molecule has 0 unspecified atom stereocenters. The van der Waals surface area contributed by atoms with E-state index in [4.69, 9.17) is 9.47 Å². The van der Waals surface area contributed by atoms with Crippen molar-refractivity contribution in [3.63, 3.8) is 0 Å². The average molecular weight is 493 g/mol. The molecule has 1 rings (SSSR count). The molecule has 1 aliphatic rings. The lowest BCUT2D eigenvalue weighted by Gasteiger charge is -2.19. The standard InChI is InChI=1S/C31H56O4/c1-4-7-10-13-15-20-25-34-30(32)28(24-17-12-9-6-3)29(27-22-18-19-23-27)31(33)35-26-21-16-14-11-8-5-2/h27H,4-26H2,1-3H3/b29-28-. The third-order valence-electron chi connectivity index (χ3n) is 7.30. The molecule has 1 aliphatic carbocycles. The lowest BCUT2D eigenvalue weighted by atomic mass is 9.90. The van der Waals surface area contributed by atoms with Gasteiger partial charge in [-0.15, -0.1) is 0 Å². The van der Waals surface area contributed by atoms with Crippen LogP contribution in [-0.2, 0) is 19.1 Å². The highest BCUT2D eigenvalue weighted by Gasteiger charge is 2.31. The van der Waals surface area contributed by atoms with Crippen molar-refractivity contribution in [1.29, 1.82) is 0 Å². The normalized spacial score (nSPS) is 14.7. The zero-order valence-electron chi connectivity index (χ0n) is 23.5. The van der Waals surface area contributed by atoms with Crippen molar-refractivity contribution >= 4 is 11.9 Å². The fourth-order valence-electron chi connectivity index (χ4n) is 5.09. The number of esters is 2. The molecule has 0 aromatic rings. The predicted octanol–water partition coefficient (Wildman–Crippen LogP) is 9.25. The lowest BCUT2D eigenvalue weighted by molar-refractivity contribution is -0.143. The molecule has 0 N–H and O–H groups in total. The Morgan fingerprint density at radius 3 is 1.51 bits per heavy atom. The molecule has 0 heterocycles. The molecule has 0 radical (unpaired) electrons. The molecule has 0 aliphatic heterocycles. The minimum absolute atomic E-state index is 0.148. The summed E-state index contributed by atoms with van der Waals surface area (Å²) in [6.07, 6.45) is 23.1. The van der Waals surface area contributed by atoms with Crippen LogP contribution in [0.5, 0.6) is 0 Å². The first-order valence-electron chi connectivity index (χ1n) is 15.2. The van der Waals surface area contributed by atoms with Crippen molar-refractivity contribution in [1.82, 2.24) is 0 Å². The molecule has 4 nitrogen and oxygen atoms in total. The average Bonchev–Trinajstić information content (AvgIpc) is 3.39. The van der Waals surface area contributed by atoms with Crippen molar-refractivity contribution in [2.75, 3.05) is 13.2 Å². The number of unbranched alkanes of at least 4 members (excludes halogenated alkanes) is 13. The first-order valence-corrected chi connectivity index (χ1v) is 15.2. The molecule has 1 fully saturated rings. The summed E-state index contributed by atoms with van der Waals surface area (Å²) >= 11 is 0. The summed E-state index contributed by atoms with van der Waals surface area (Å²) in [4.78, 5) is 26.5. The summed E-state index contributed by atoms with van der Waals surface area (Å²) < 4.78 is 11.5. The topological polar surface area (TPSA) is 52.6 Å². The first kappa shape index (κ1) is 31.7. The van der Waals surface area contributed by atoms with E-state index in [-0.39, 0.29) is 17.9 Å². The monoisotopic (exact) mass is 492 g/mol. The van der Waals surface area contributed by atoms with E-state index in [0.717, 1.165) is 77.0 Å². The molecular weight excluding hydrogens is 436 g/mol. The van der Waals surface area contributed by atoms with E-state index in [9.17, 15) is 9.59 Å². The van der Waals surface area contributed by atoms with Gasteiger partial charge in [-0.1, -0.05) is 117 Å². The molecule has 4 heteroatoms. The third-order valence-corrected chi connectivity index (χ3v) is 7.30.